The second kappa shape index (κ2) is 4.96. The van der Waals surface area contributed by atoms with Gasteiger partial charge in [-0.2, -0.15) is 0 Å². The van der Waals surface area contributed by atoms with Crippen molar-refractivity contribution < 1.29 is 19.7 Å². The maximum atomic E-state index is 10.3. The summed E-state index contributed by atoms with van der Waals surface area (Å²) in [4.78, 5) is 10.3. The Bertz CT molecular complexity index is 121. The fourth-order valence-electron chi connectivity index (χ4n) is 0.290. The molecule has 0 saturated carbocycles. The third-order valence-electron chi connectivity index (χ3n) is 0.795. The first-order valence-electron chi connectivity index (χ1n) is 2.78. The standard InChI is InChI=1S/C6H10O4/c1-2-6(9)10-4-5(8)3-7/h2,5,7-8H,1,3-4H2/t5-/m1/s1. The summed E-state index contributed by atoms with van der Waals surface area (Å²) in [7, 11) is 0. The average molecular weight is 146 g/mol. The van der Waals surface area contributed by atoms with Crippen molar-refractivity contribution in [2.24, 2.45) is 0 Å². The van der Waals surface area contributed by atoms with Crippen LogP contribution in [0.15, 0.2) is 12.7 Å². The molecule has 0 aromatic rings. The molecule has 0 aromatic carbocycles. The fraction of sp³-hybridized carbons (Fsp3) is 0.500. The van der Waals surface area contributed by atoms with Crippen LogP contribution in [0.4, 0.5) is 0 Å². The SMILES string of the molecule is C=CC(=O)OC[C@H](O)CO. The van der Waals surface area contributed by atoms with Crippen molar-refractivity contribution in [2.75, 3.05) is 13.2 Å². The van der Waals surface area contributed by atoms with Crippen molar-refractivity contribution in [1.82, 2.24) is 0 Å². The lowest BCUT2D eigenvalue weighted by molar-refractivity contribution is -0.141. The first-order chi connectivity index (χ1) is 4.70. The van der Waals surface area contributed by atoms with Gasteiger partial charge in [-0.15, -0.1) is 0 Å². The number of aliphatic hydroxyl groups excluding tert-OH is 2. The minimum absolute atomic E-state index is 0.193. The monoisotopic (exact) mass is 146 g/mol. The van der Waals surface area contributed by atoms with Crippen molar-refractivity contribution in [2.45, 2.75) is 6.10 Å². The lowest BCUT2D eigenvalue weighted by Crippen LogP contribution is -2.21. The molecule has 0 fully saturated rings. The highest BCUT2D eigenvalue weighted by Crippen LogP contribution is 1.84. The van der Waals surface area contributed by atoms with Crippen LogP contribution in [0.25, 0.3) is 0 Å². The Labute approximate surface area is 58.7 Å². The third kappa shape index (κ3) is 4.05. The lowest BCUT2D eigenvalue weighted by atomic mass is 10.4. The first kappa shape index (κ1) is 9.13. The number of carbonyl (C=O) groups is 1. The van der Waals surface area contributed by atoms with Crippen molar-refractivity contribution in [3.05, 3.63) is 12.7 Å². The summed E-state index contributed by atoms with van der Waals surface area (Å²) in [6.45, 7) is 2.54. The van der Waals surface area contributed by atoms with E-state index in [2.05, 4.69) is 11.3 Å². The van der Waals surface area contributed by atoms with E-state index >= 15 is 0 Å². The molecule has 10 heavy (non-hydrogen) atoms. The van der Waals surface area contributed by atoms with Gasteiger partial charge < -0.3 is 14.9 Å². The van der Waals surface area contributed by atoms with E-state index in [9.17, 15) is 4.79 Å². The van der Waals surface area contributed by atoms with E-state index in [1.807, 2.05) is 0 Å². The second-order valence-electron chi connectivity index (χ2n) is 1.67. The average Bonchev–Trinajstić information content (AvgIpc) is 1.99. The summed E-state index contributed by atoms with van der Waals surface area (Å²) in [5, 5.41) is 16.9. The predicted molar refractivity (Wildman–Crippen MR) is 34.2 cm³/mol. The Morgan fingerprint density at radius 2 is 2.40 bits per heavy atom. The molecule has 0 unspecified atom stereocenters. The van der Waals surface area contributed by atoms with E-state index < -0.39 is 18.7 Å². The maximum Gasteiger partial charge on any atom is 0.330 e. The Hall–Kier alpha value is -0.870. The quantitative estimate of drug-likeness (QED) is 0.397. The summed E-state index contributed by atoms with van der Waals surface area (Å²) in [6.07, 6.45) is -0.00622. The molecule has 2 N–H and O–H groups in total. The highest BCUT2D eigenvalue weighted by atomic mass is 16.5. The molecular weight excluding hydrogens is 136 g/mol. The van der Waals surface area contributed by atoms with Gasteiger partial charge in [-0.1, -0.05) is 6.58 Å². The van der Waals surface area contributed by atoms with Crippen molar-refractivity contribution in [3.8, 4) is 0 Å². The van der Waals surface area contributed by atoms with Gasteiger partial charge in [0, 0.05) is 6.08 Å². The molecule has 0 aliphatic carbocycles. The van der Waals surface area contributed by atoms with Crippen LogP contribution >= 0.6 is 0 Å². The maximum absolute atomic E-state index is 10.3. The Morgan fingerprint density at radius 3 is 2.80 bits per heavy atom. The Balaban J connectivity index is 3.34. The molecule has 0 aliphatic heterocycles. The van der Waals surface area contributed by atoms with Crippen LogP contribution in [-0.4, -0.2) is 35.5 Å². The van der Waals surface area contributed by atoms with Gasteiger partial charge in [0.15, 0.2) is 0 Å². The lowest BCUT2D eigenvalue weighted by Gasteiger charge is -2.05. The van der Waals surface area contributed by atoms with E-state index in [0.29, 0.717) is 0 Å². The summed E-state index contributed by atoms with van der Waals surface area (Å²) in [5.41, 5.74) is 0. The van der Waals surface area contributed by atoms with Crippen LogP contribution < -0.4 is 0 Å². The normalized spacial score (nSPS) is 12.2. The first-order valence-corrected chi connectivity index (χ1v) is 2.78. The van der Waals surface area contributed by atoms with Gasteiger partial charge >= 0.3 is 5.97 Å². The van der Waals surface area contributed by atoms with Crippen molar-refractivity contribution in [1.29, 1.82) is 0 Å². The highest BCUT2D eigenvalue weighted by Gasteiger charge is 2.03. The number of hydrogen-bond acceptors (Lipinski definition) is 4. The molecule has 0 aromatic heterocycles. The van der Waals surface area contributed by atoms with Crippen LogP contribution in [-0.2, 0) is 9.53 Å². The summed E-state index contributed by atoms with van der Waals surface area (Å²) >= 11 is 0. The molecule has 1 atom stereocenters. The second-order valence-corrected chi connectivity index (χ2v) is 1.67. The Kier molecular flexibility index (Phi) is 4.53. The summed E-state index contributed by atoms with van der Waals surface area (Å²) in [5.74, 6) is -0.604. The molecule has 0 spiro atoms. The molecular formula is C6H10O4. The molecule has 4 nitrogen and oxygen atoms in total. The molecule has 0 aliphatic rings. The zero-order valence-corrected chi connectivity index (χ0v) is 5.49. The van der Waals surface area contributed by atoms with Gasteiger partial charge in [-0.25, -0.2) is 4.79 Å². The van der Waals surface area contributed by atoms with E-state index in [4.69, 9.17) is 10.2 Å². The molecule has 0 rings (SSSR count). The number of aliphatic hydroxyl groups is 2. The number of hydrogen-bond donors (Lipinski definition) is 2. The van der Waals surface area contributed by atoms with Crippen molar-refractivity contribution in [3.63, 3.8) is 0 Å². The van der Waals surface area contributed by atoms with Crippen LogP contribution in [0.3, 0.4) is 0 Å². The Morgan fingerprint density at radius 1 is 1.80 bits per heavy atom. The van der Waals surface area contributed by atoms with E-state index in [1.54, 1.807) is 0 Å². The van der Waals surface area contributed by atoms with Gasteiger partial charge in [0.25, 0.3) is 0 Å². The number of ether oxygens (including phenoxy) is 1. The number of esters is 1. The molecule has 0 radical (unpaired) electrons. The van der Waals surface area contributed by atoms with Gasteiger partial charge in [0.2, 0.25) is 0 Å². The minimum Gasteiger partial charge on any atom is -0.460 e. The van der Waals surface area contributed by atoms with E-state index in [-0.39, 0.29) is 6.61 Å². The largest absolute Gasteiger partial charge is 0.460 e. The summed E-state index contributed by atoms with van der Waals surface area (Å²) < 4.78 is 4.38. The van der Waals surface area contributed by atoms with Gasteiger partial charge in [0.1, 0.15) is 12.7 Å². The zero-order chi connectivity index (χ0) is 7.98. The molecule has 58 valence electrons. The van der Waals surface area contributed by atoms with Gasteiger partial charge in [-0.05, 0) is 0 Å². The van der Waals surface area contributed by atoms with Crippen LogP contribution in [0.1, 0.15) is 0 Å². The predicted octanol–water partition coefficient (Wildman–Crippen LogP) is -0.931. The van der Waals surface area contributed by atoms with Gasteiger partial charge in [-0.3, -0.25) is 0 Å². The van der Waals surface area contributed by atoms with E-state index in [1.165, 1.54) is 0 Å². The smallest absolute Gasteiger partial charge is 0.330 e. The molecule has 0 amide bonds. The molecule has 0 saturated heterocycles. The van der Waals surface area contributed by atoms with Crippen LogP contribution in [0.5, 0.6) is 0 Å². The highest BCUT2D eigenvalue weighted by molar-refractivity contribution is 5.81. The topological polar surface area (TPSA) is 66.8 Å². The van der Waals surface area contributed by atoms with Crippen molar-refractivity contribution >= 4 is 5.97 Å². The zero-order valence-electron chi connectivity index (χ0n) is 5.49. The van der Waals surface area contributed by atoms with Crippen LogP contribution in [0, 0.1) is 0 Å². The summed E-state index contributed by atoms with van der Waals surface area (Å²) in [6, 6.07) is 0. The third-order valence-corrected chi connectivity index (χ3v) is 0.795. The fourth-order valence-corrected chi connectivity index (χ4v) is 0.290. The number of carbonyl (C=O) groups excluding carboxylic acids is 1. The molecule has 0 heterocycles. The minimum atomic E-state index is -0.996. The number of rotatable bonds is 4. The van der Waals surface area contributed by atoms with E-state index in [0.717, 1.165) is 6.08 Å². The van der Waals surface area contributed by atoms with Gasteiger partial charge in [0.05, 0.1) is 6.61 Å². The molecule has 4 heteroatoms. The molecule has 0 bridgehead atoms. The van der Waals surface area contributed by atoms with Crippen LogP contribution in [0.2, 0.25) is 0 Å².